The van der Waals surface area contributed by atoms with E-state index in [2.05, 4.69) is 0 Å². The van der Waals surface area contributed by atoms with Crippen molar-refractivity contribution in [1.29, 1.82) is 0 Å². The van der Waals surface area contributed by atoms with Gasteiger partial charge in [-0.15, -0.1) is 0 Å². The van der Waals surface area contributed by atoms with Gasteiger partial charge in [-0.25, -0.2) is 0 Å². The Bertz CT molecular complexity index is 3500. The molecule has 826 valence electrons. The predicted molar refractivity (Wildman–Crippen MR) is 531 cm³/mol. The van der Waals surface area contributed by atoms with Crippen molar-refractivity contribution in [3.63, 3.8) is 0 Å². The van der Waals surface area contributed by atoms with Gasteiger partial charge in [0, 0.05) is 89.9 Å². The maximum Gasteiger partial charge on any atom is 0.313 e. The molecule has 0 saturated heterocycles. The van der Waals surface area contributed by atoms with Crippen LogP contribution >= 0.6 is 0 Å². The van der Waals surface area contributed by atoms with Crippen LogP contribution in [0.3, 0.4) is 0 Å². The van der Waals surface area contributed by atoms with E-state index in [1.807, 2.05) is 111 Å². The third-order valence-electron chi connectivity index (χ3n) is 24.4. The molecule has 0 radical (unpaired) electrons. The first-order valence-corrected chi connectivity index (χ1v) is 52.0. The molecule has 0 fully saturated rings. The molecule has 144 heavy (non-hydrogen) atoms. The van der Waals surface area contributed by atoms with Crippen LogP contribution < -0.4 is 0 Å². The number of esters is 16. The normalized spacial score (nSPS) is 11.8. The van der Waals surface area contributed by atoms with Crippen molar-refractivity contribution in [2.75, 3.05) is 0 Å². The molecule has 0 aliphatic rings. The van der Waals surface area contributed by atoms with Crippen LogP contribution in [-0.4, -0.2) is 162 Å². The van der Waals surface area contributed by atoms with Gasteiger partial charge in [-0.2, -0.15) is 0 Å². The molecule has 0 spiro atoms. The summed E-state index contributed by atoms with van der Waals surface area (Å²) in [5, 5.41) is 51.4. The summed E-state index contributed by atoms with van der Waals surface area (Å²) in [4.78, 5) is 260. The summed E-state index contributed by atoms with van der Waals surface area (Å²) in [7, 11) is 0. The van der Waals surface area contributed by atoms with Crippen molar-refractivity contribution in [2.24, 2.45) is 43.3 Å². The van der Waals surface area contributed by atoms with E-state index >= 15 is 0 Å². The number of unbranched alkanes of at least 4 members (excludes halogenated alkanes) is 25. The Kier molecular flexibility index (Phi) is 73.3. The van der Waals surface area contributed by atoms with Gasteiger partial charge in [-0.05, 0) is 185 Å². The standard InChI is InChI=1S/2C49H80O16.C10H18O4/c2*1-46(2,28-30-48(5,6)34-44(60)64-40(56)26-20-14-12-16-22-36(50)51)32-42(58)62-38(54)24-18-10-9-11-19-25-39(55)63-43(59)33-47(3,4)29-31-49(7,8)35-45(61)65-41(57)27-21-15-13-17-23-37(52)53;11-9(12)7-5-3-1-2-4-6-8-10(13)14/h2*9-35H2,1-8H3,(H,50,51)(H,52,53);1-8H2,(H,11,12)(H,13,14). The summed E-state index contributed by atoms with van der Waals surface area (Å²) >= 11 is 0. The molecule has 36 nitrogen and oxygen atoms in total. The summed E-state index contributed by atoms with van der Waals surface area (Å²) < 4.78 is 40.1. The first-order valence-electron chi connectivity index (χ1n) is 52.0. The second-order valence-corrected chi connectivity index (χ2v) is 44.7. The Morgan fingerprint density at radius 1 is 0.125 bits per heavy atom. The minimum atomic E-state index is -0.856. The van der Waals surface area contributed by atoms with Gasteiger partial charge < -0.3 is 68.5 Å². The predicted octanol–water partition coefficient (Wildman–Crippen LogP) is 22.4. The second kappa shape index (κ2) is 76.5. The Morgan fingerprint density at radius 2 is 0.201 bits per heavy atom. The van der Waals surface area contributed by atoms with Gasteiger partial charge in [0.1, 0.15) is 0 Å². The molecule has 0 aromatic carbocycles. The van der Waals surface area contributed by atoms with E-state index in [1.54, 1.807) is 0 Å². The molecule has 0 aromatic rings. The fraction of sp³-hybridized carbons (Fsp3) is 0.796. The van der Waals surface area contributed by atoms with E-state index < -0.39 is 175 Å². The Morgan fingerprint density at radius 3 is 0.285 bits per heavy atom. The number of carbonyl (C=O) groups is 22. The Balaban J connectivity index is -0.00000243. The molecule has 6 N–H and O–H groups in total. The minimum absolute atomic E-state index is 0.00384. The Labute approximate surface area is 853 Å². The molecule has 36 heteroatoms. The second-order valence-electron chi connectivity index (χ2n) is 44.7. The summed E-state index contributed by atoms with van der Waals surface area (Å²) in [6, 6.07) is 0. The number of carbonyl (C=O) groups excluding carboxylic acids is 16. The fourth-order valence-corrected chi connectivity index (χ4v) is 15.2. The number of ether oxygens (including phenoxy) is 8. The molecule has 0 rings (SSSR count). The zero-order chi connectivity index (χ0) is 110. The number of aliphatic carboxylic acids is 6. The number of hydrogen-bond donors (Lipinski definition) is 6. The first-order chi connectivity index (χ1) is 66.8. The lowest BCUT2D eigenvalue weighted by Crippen LogP contribution is -2.26. The largest absolute Gasteiger partial charge is 0.481 e. The van der Waals surface area contributed by atoms with Gasteiger partial charge in [0.15, 0.2) is 0 Å². The van der Waals surface area contributed by atoms with Gasteiger partial charge in [0.25, 0.3) is 0 Å². The maximum absolute atomic E-state index is 12.6. The monoisotopic (exact) mass is 2050 g/mol. The van der Waals surface area contributed by atoms with Gasteiger partial charge in [0.2, 0.25) is 0 Å². The molecular weight excluding hydrogens is 1870 g/mol. The van der Waals surface area contributed by atoms with Gasteiger partial charge >= 0.3 is 131 Å². The van der Waals surface area contributed by atoms with Gasteiger partial charge in [-0.3, -0.25) is 105 Å². The number of rotatable bonds is 81. The number of carboxylic acid groups (broad SMARTS) is 6. The quantitative estimate of drug-likeness (QED) is 0.0142. The van der Waals surface area contributed by atoms with Crippen LogP contribution in [0.2, 0.25) is 0 Å². The smallest absolute Gasteiger partial charge is 0.313 e. The van der Waals surface area contributed by atoms with Gasteiger partial charge in [0.05, 0.1) is 51.4 Å². The molecule has 0 bridgehead atoms. The highest BCUT2D eigenvalue weighted by Crippen LogP contribution is 2.41. The lowest BCUT2D eigenvalue weighted by molar-refractivity contribution is -0.163. The van der Waals surface area contributed by atoms with Crippen LogP contribution in [0.4, 0.5) is 0 Å². The molecule has 0 unspecified atom stereocenters. The first kappa shape index (κ1) is 138. The van der Waals surface area contributed by atoms with Crippen molar-refractivity contribution < 1.29 is 174 Å². The summed E-state index contributed by atoms with van der Waals surface area (Å²) in [5.74, 6) is -14.8. The Hall–Kier alpha value is -10.1. The summed E-state index contributed by atoms with van der Waals surface area (Å²) in [5.41, 5.74) is -4.12. The van der Waals surface area contributed by atoms with Gasteiger partial charge in [-0.1, -0.05) is 226 Å². The van der Waals surface area contributed by atoms with Crippen LogP contribution in [0.25, 0.3) is 0 Å². The average molecular weight is 2050 g/mol. The molecule has 0 aliphatic heterocycles. The lowest BCUT2D eigenvalue weighted by atomic mass is 9.76. The lowest BCUT2D eigenvalue weighted by Gasteiger charge is -2.30. The molecule has 0 saturated carbocycles. The van der Waals surface area contributed by atoms with E-state index in [4.69, 9.17) is 68.5 Å². The molecule has 0 heterocycles. The van der Waals surface area contributed by atoms with Crippen LogP contribution in [0.5, 0.6) is 0 Å². The highest BCUT2D eigenvalue weighted by molar-refractivity contribution is 5.90. The summed E-state index contributed by atoms with van der Waals surface area (Å²) in [6.07, 6.45) is 27.1. The molecule has 0 aromatic heterocycles. The molecule has 0 aliphatic carbocycles. The van der Waals surface area contributed by atoms with Crippen LogP contribution in [-0.2, 0) is 143 Å². The van der Waals surface area contributed by atoms with Crippen LogP contribution in [0.1, 0.15) is 509 Å². The van der Waals surface area contributed by atoms with Crippen molar-refractivity contribution in [3.8, 4) is 0 Å². The zero-order valence-corrected chi connectivity index (χ0v) is 89.8. The van der Waals surface area contributed by atoms with E-state index in [1.165, 1.54) is 0 Å². The SMILES string of the molecule is CC(C)(CCC(C)(C)CC(=O)OC(=O)CCCCCCC(=O)O)CC(=O)OC(=O)CCCCCCCC(=O)OC(=O)CC(C)(C)CCC(C)(C)CC(=O)OC(=O)CCCCCCC(=O)O.CC(C)(CCC(C)(C)CC(=O)OC(=O)CCCCCCC(=O)O)CC(=O)OC(=O)CCCCCCCC(=O)OC(=O)CC(C)(C)CCC(C)(C)CC(=O)OC(=O)CCCCCCC(=O)O.O=C(O)CCCCCCCCC(=O)O. The fourth-order valence-electron chi connectivity index (χ4n) is 15.2. The summed E-state index contributed by atoms with van der Waals surface area (Å²) in [6.45, 7) is 30.0. The highest BCUT2D eigenvalue weighted by Gasteiger charge is 2.36. The number of carboxylic acids is 6. The van der Waals surface area contributed by atoms with E-state index in [0.717, 1.165) is 51.4 Å². The van der Waals surface area contributed by atoms with Crippen LogP contribution in [0, 0.1) is 43.3 Å². The average Bonchev–Trinajstić information content (AvgIpc) is 0.879. The van der Waals surface area contributed by atoms with Crippen molar-refractivity contribution in [1.82, 2.24) is 0 Å². The highest BCUT2D eigenvalue weighted by atomic mass is 16.6. The van der Waals surface area contributed by atoms with E-state index in [0.29, 0.717) is 205 Å². The molecule has 0 atom stereocenters. The maximum atomic E-state index is 12.6. The van der Waals surface area contributed by atoms with E-state index in [9.17, 15) is 105 Å². The molecule has 0 amide bonds. The van der Waals surface area contributed by atoms with E-state index in [-0.39, 0.29) is 141 Å². The third kappa shape index (κ3) is 91.8. The molecular formula is C108H178O36. The number of hydrogen-bond acceptors (Lipinski definition) is 30. The van der Waals surface area contributed by atoms with Crippen LogP contribution in [0.15, 0.2) is 0 Å². The topological polar surface area (TPSA) is 571 Å². The van der Waals surface area contributed by atoms with Crippen molar-refractivity contribution >= 4 is 131 Å². The third-order valence-corrected chi connectivity index (χ3v) is 24.4. The van der Waals surface area contributed by atoms with Crippen molar-refractivity contribution in [3.05, 3.63) is 0 Å². The minimum Gasteiger partial charge on any atom is -0.481 e. The zero-order valence-electron chi connectivity index (χ0n) is 89.8. The van der Waals surface area contributed by atoms with Crippen molar-refractivity contribution in [2.45, 2.75) is 509 Å².